The number of benzene rings is 1. The second-order valence-electron chi connectivity index (χ2n) is 3.60. The molecule has 1 aromatic carbocycles. The van der Waals surface area contributed by atoms with Gasteiger partial charge in [0.15, 0.2) is 0 Å². The Labute approximate surface area is 122 Å². The maximum Gasteiger partial charge on any atom is 0.289 e. The lowest BCUT2D eigenvalue weighted by Gasteiger charge is -2.05. The molecular formula is C9H7ClN4O4S2. The van der Waals surface area contributed by atoms with Crippen LogP contribution in [-0.2, 0) is 10.0 Å². The number of nitrogens with zero attached hydrogens (tertiary/aromatic N) is 3. The molecular weight excluding hydrogens is 328 g/mol. The van der Waals surface area contributed by atoms with Crippen LogP contribution in [0.2, 0.25) is 5.02 Å². The van der Waals surface area contributed by atoms with Crippen molar-refractivity contribution in [2.75, 3.05) is 4.72 Å². The van der Waals surface area contributed by atoms with E-state index in [0.29, 0.717) is 5.01 Å². The maximum absolute atomic E-state index is 12.1. The van der Waals surface area contributed by atoms with Gasteiger partial charge in [0, 0.05) is 6.07 Å². The van der Waals surface area contributed by atoms with Crippen molar-refractivity contribution in [3.05, 3.63) is 38.3 Å². The molecule has 0 saturated carbocycles. The van der Waals surface area contributed by atoms with Gasteiger partial charge in [-0.25, -0.2) is 8.42 Å². The van der Waals surface area contributed by atoms with Gasteiger partial charge in [0.2, 0.25) is 5.13 Å². The summed E-state index contributed by atoms with van der Waals surface area (Å²) in [6, 6.07) is 3.21. The Morgan fingerprint density at radius 3 is 2.65 bits per heavy atom. The summed E-state index contributed by atoms with van der Waals surface area (Å²) < 4.78 is 26.3. The van der Waals surface area contributed by atoms with Gasteiger partial charge in [-0.2, -0.15) is 0 Å². The van der Waals surface area contributed by atoms with Crippen molar-refractivity contribution < 1.29 is 13.3 Å². The lowest BCUT2D eigenvalue weighted by Crippen LogP contribution is -2.13. The van der Waals surface area contributed by atoms with Crippen LogP contribution in [0.1, 0.15) is 5.01 Å². The van der Waals surface area contributed by atoms with Crippen molar-refractivity contribution in [1.29, 1.82) is 0 Å². The average molecular weight is 335 g/mol. The van der Waals surface area contributed by atoms with Crippen molar-refractivity contribution in [3.63, 3.8) is 0 Å². The van der Waals surface area contributed by atoms with Crippen LogP contribution in [0.4, 0.5) is 10.8 Å². The lowest BCUT2D eigenvalue weighted by atomic mass is 10.3. The number of nitrogens with one attached hydrogen (secondary N) is 1. The Morgan fingerprint density at radius 2 is 2.10 bits per heavy atom. The molecule has 1 N–H and O–H groups in total. The van der Waals surface area contributed by atoms with Gasteiger partial charge in [-0.15, -0.1) is 10.2 Å². The smallest absolute Gasteiger partial charge is 0.258 e. The predicted molar refractivity (Wildman–Crippen MR) is 73.6 cm³/mol. The predicted octanol–water partition coefficient (Wildman–Crippen LogP) is 2.21. The van der Waals surface area contributed by atoms with Crippen LogP contribution >= 0.6 is 22.9 Å². The van der Waals surface area contributed by atoms with Crippen LogP contribution in [0.15, 0.2) is 23.1 Å². The number of aromatic nitrogens is 2. The van der Waals surface area contributed by atoms with Gasteiger partial charge in [0.25, 0.3) is 15.7 Å². The van der Waals surface area contributed by atoms with E-state index in [1.165, 1.54) is 6.07 Å². The van der Waals surface area contributed by atoms with Crippen LogP contribution in [0.5, 0.6) is 0 Å². The summed E-state index contributed by atoms with van der Waals surface area (Å²) in [4.78, 5) is 9.72. The summed E-state index contributed by atoms with van der Waals surface area (Å²) in [6.07, 6.45) is 0. The molecule has 0 aliphatic rings. The summed E-state index contributed by atoms with van der Waals surface area (Å²) in [6.45, 7) is 1.67. The zero-order valence-corrected chi connectivity index (χ0v) is 12.3. The number of anilines is 1. The number of nitro groups is 1. The summed E-state index contributed by atoms with van der Waals surface area (Å²) >= 11 is 6.68. The zero-order valence-electron chi connectivity index (χ0n) is 9.90. The number of rotatable bonds is 4. The maximum atomic E-state index is 12.1. The van der Waals surface area contributed by atoms with E-state index in [1.807, 2.05) is 0 Å². The van der Waals surface area contributed by atoms with Crippen LogP contribution in [-0.4, -0.2) is 23.5 Å². The van der Waals surface area contributed by atoms with E-state index >= 15 is 0 Å². The fourth-order valence-electron chi connectivity index (χ4n) is 1.31. The monoisotopic (exact) mass is 334 g/mol. The van der Waals surface area contributed by atoms with Gasteiger partial charge in [0.05, 0.1) is 9.82 Å². The molecule has 1 aromatic heterocycles. The van der Waals surface area contributed by atoms with Crippen LogP contribution in [0.3, 0.4) is 0 Å². The first-order valence-electron chi connectivity index (χ1n) is 5.06. The minimum Gasteiger partial charge on any atom is -0.258 e. The first-order chi connectivity index (χ1) is 9.29. The van der Waals surface area contributed by atoms with E-state index in [4.69, 9.17) is 11.6 Å². The molecule has 0 aliphatic heterocycles. The summed E-state index contributed by atoms with van der Waals surface area (Å²) in [5.74, 6) is 0. The van der Waals surface area contributed by atoms with E-state index in [0.717, 1.165) is 23.5 Å². The molecule has 0 aliphatic carbocycles. The minimum atomic E-state index is -3.98. The Hall–Kier alpha value is -1.78. The summed E-state index contributed by atoms with van der Waals surface area (Å²) in [5.41, 5.74) is -0.483. The molecule has 0 saturated heterocycles. The van der Waals surface area contributed by atoms with Crippen LogP contribution in [0, 0.1) is 17.0 Å². The van der Waals surface area contributed by atoms with E-state index < -0.39 is 20.6 Å². The molecule has 0 fully saturated rings. The Kier molecular flexibility index (Phi) is 3.88. The molecule has 0 bridgehead atoms. The Bertz CT molecular complexity index is 774. The molecule has 20 heavy (non-hydrogen) atoms. The van der Waals surface area contributed by atoms with Gasteiger partial charge < -0.3 is 0 Å². The Balaban J connectivity index is 2.39. The molecule has 0 unspecified atom stereocenters. The summed E-state index contributed by atoms with van der Waals surface area (Å²) in [7, 11) is -3.98. The number of aryl methyl sites for hydroxylation is 1. The molecule has 106 valence electrons. The second-order valence-corrected chi connectivity index (χ2v) is 6.87. The normalized spacial score (nSPS) is 11.3. The fourth-order valence-corrected chi connectivity index (χ4v) is 3.34. The molecule has 2 aromatic rings. The molecule has 0 amide bonds. The number of nitro benzene ring substituents is 1. The van der Waals surface area contributed by atoms with E-state index in [-0.39, 0.29) is 15.0 Å². The number of halogens is 1. The largest absolute Gasteiger partial charge is 0.289 e. The second kappa shape index (κ2) is 5.31. The molecule has 11 heteroatoms. The van der Waals surface area contributed by atoms with E-state index in [2.05, 4.69) is 14.9 Å². The molecule has 0 spiro atoms. The highest BCUT2D eigenvalue weighted by molar-refractivity contribution is 7.93. The van der Waals surface area contributed by atoms with Gasteiger partial charge in [-0.3, -0.25) is 14.8 Å². The molecule has 1 heterocycles. The van der Waals surface area contributed by atoms with Crippen LogP contribution < -0.4 is 4.72 Å². The fraction of sp³-hybridized carbons (Fsp3) is 0.111. The number of hydrogen-bond acceptors (Lipinski definition) is 7. The van der Waals surface area contributed by atoms with Gasteiger partial charge >= 0.3 is 0 Å². The quantitative estimate of drug-likeness (QED) is 0.677. The van der Waals surface area contributed by atoms with Crippen molar-refractivity contribution in [2.45, 2.75) is 11.8 Å². The molecule has 8 nitrogen and oxygen atoms in total. The van der Waals surface area contributed by atoms with Gasteiger partial charge in [0.1, 0.15) is 10.0 Å². The van der Waals surface area contributed by atoms with Crippen molar-refractivity contribution in [2.24, 2.45) is 0 Å². The number of hydrogen-bond donors (Lipinski definition) is 1. The topological polar surface area (TPSA) is 115 Å². The highest BCUT2D eigenvalue weighted by Gasteiger charge is 2.21. The zero-order chi connectivity index (χ0) is 14.9. The molecule has 2 rings (SSSR count). The van der Waals surface area contributed by atoms with Crippen LogP contribution in [0.25, 0.3) is 0 Å². The standard InChI is InChI=1S/C9H7ClN4O4S2/c1-5-11-12-9(19-5)13-20(17,18)6-2-3-7(10)8(4-6)14(15)16/h2-4H,1H3,(H,12,13). The highest BCUT2D eigenvalue weighted by atomic mass is 35.5. The highest BCUT2D eigenvalue weighted by Crippen LogP contribution is 2.28. The van der Waals surface area contributed by atoms with Gasteiger partial charge in [-0.1, -0.05) is 22.9 Å². The average Bonchev–Trinajstić information content (AvgIpc) is 2.73. The van der Waals surface area contributed by atoms with Gasteiger partial charge in [-0.05, 0) is 19.1 Å². The Morgan fingerprint density at radius 1 is 1.40 bits per heavy atom. The van der Waals surface area contributed by atoms with E-state index in [1.54, 1.807) is 6.92 Å². The van der Waals surface area contributed by atoms with Crippen molar-refractivity contribution >= 4 is 43.8 Å². The molecule has 0 atom stereocenters. The third-order valence-corrected chi connectivity index (χ3v) is 4.71. The minimum absolute atomic E-state index is 0.0834. The van der Waals surface area contributed by atoms with Crippen molar-refractivity contribution in [1.82, 2.24) is 10.2 Å². The third kappa shape index (κ3) is 3.03. The first-order valence-corrected chi connectivity index (χ1v) is 7.74. The lowest BCUT2D eigenvalue weighted by molar-refractivity contribution is -0.384. The third-order valence-electron chi connectivity index (χ3n) is 2.17. The molecule has 0 radical (unpaired) electrons. The van der Waals surface area contributed by atoms with E-state index in [9.17, 15) is 18.5 Å². The van der Waals surface area contributed by atoms with Crippen molar-refractivity contribution in [3.8, 4) is 0 Å². The SMILES string of the molecule is Cc1nnc(NS(=O)(=O)c2ccc(Cl)c([N+](=O)[O-])c2)s1. The summed E-state index contributed by atoms with van der Waals surface area (Å²) in [5, 5.41) is 18.6. The first kappa shape index (κ1) is 14.6. The number of sulfonamides is 1.